The van der Waals surface area contributed by atoms with Gasteiger partial charge in [-0.15, -0.1) is 0 Å². The van der Waals surface area contributed by atoms with Gasteiger partial charge >= 0.3 is 0 Å². The van der Waals surface area contributed by atoms with Gasteiger partial charge in [0.05, 0.1) is 0 Å². The van der Waals surface area contributed by atoms with E-state index in [0.29, 0.717) is 12.0 Å². The summed E-state index contributed by atoms with van der Waals surface area (Å²) in [6, 6.07) is 5.32. The lowest BCUT2D eigenvalue weighted by atomic mass is 9.90. The van der Waals surface area contributed by atoms with E-state index in [1.807, 2.05) is 0 Å². The SMILES string of the molecule is CCNC(C)C(CC)CC1Cc2cc(F)ccc2O1. The Morgan fingerprint density at radius 2 is 2.21 bits per heavy atom. The third-order valence-corrected chi connectivity index (χ3v) is 4.09. The number of fused-ring (bicyclic) bond motifs is 1. The Labute approximate surface area is 115 Å². The van der Waals surface area contributed by atoms with Gasteiger partial charge in [0.1, 0.15) is 17.7 Å². The van der Waals surface area contributed by atoms with Crippen molar-refractivity contribution in [3.8, 4) is 5.75 Å². The van der Waals surface area contributed by atoms with Crippen LogP contribution in [0.3, 0.4) is 0 Å². The highest BCUT2D eigenvalue weighted by Crippen LogP contribution is 2.32. The van der Waals surface area contributed by atoms with Gasteiger partial charge in [0.25, 0.3) is 0 Å². The lowest BCUT2D eigenvalue weighted by Gasteiger charge is -2.25. The van der Waals surface area contributed by atoms with Gasteiger partial charge in [-0.1, -0.05) is 20.3 Å². The van der Waals surface area contributed by atoms with E-state index in [1.54, 1.807) is 12.1 Å². The molecular weight excluding hydrogens is 241 g/mol. The molecule has 1 aromatic rings. The van der Waals surface area contributed by atoms with Crippen LogP contribution in [0.25, 0.3) is 0 Å². The van der Waals surface area contributed by atoms with Crippen molar-refractivity contribution in [2.45, 2.75) is 52.2 Å². The highest BCUT2D eigenvalue weighted by atomic mass is 19.1. The molecule has 2 rings (SSSR count). The Kier molecular flexibility index (Phi) is 4.81. The maximum atomic E-state index is 13.2. The zero-order chi connectivity index (χ0) is 13.8. The average Bonchev–Trinajstić information content (AvgIpc) is 2.77. The van der Waals surface area contributed by atoms with Crippen molar-refractivity contribution in [3.05, 3.63) is 29.6 Å². The smallest absolute Gasteiger partial charge is 0.123 e. The topological polar surface area (TPSA) is 21.3 Å². The van der Waals surface area contributed by atoms with Gasteiger partial charge in [-0.25, -0.2) is 4.39 Å². The number of benzene rings is 1. The standard InChI is InChI=1S/C16H24FNO/c1-4-12(11(3)18-5-2)9-15-10-13-8-14(17)6-7-16(13)19-15/h6-8,11-12,15,18H,4-5,9-10H2,1-3H3. The molecule has 0 aromatic heterocycles. The normalized spacial score (nSPS) is 20.7. The number of ether oxygens (including phenoxy) is 1. The van der Waals surface area contributed by atoms with E-state index in [-0.39, 0.29) is 11.9 Å². The summed E-state index contributed by atoms with van der Waals surface area (Å²) < 4.78 is 19.1. The highest BCUT2D eigenvalue weighted by Gasteiger charge is 2.27. The zero-order valence-corrected chi connectivity index (χ0v) is 12.1. The largest absolute Gasteiger partial charge is 0.490 e. The first-order chi connectivity index (χ1) is 9.13. The molecule has 1 aliphatic heterocycles. The minimum atomic E-state index is -0.170. The summed E-state index contributed by atoms with van der Waals surface area (Å²) in [6.07, 6.45) is 3.20. The molecule has 0 spiro atoms. The molecule has 1 heterocycles. The molecule has 3 unspecified atom stereocenters. The first-order valence-electron chi connectivity index (χ1n) is 7.32. The first-order valence-corrected chi connectivity index (χ1v) is 7.32. The van der Waals surface area contributed by atoms with Crippen LogP contribution >= 0.6 is 0 Å². The van der Waals surface area contributed by atoms with Crippen LogP contribution in [-0.4, -0.2) is 18.7 Å². The maximum absolute atomic E-state index is 13.2. The van der Waals surface area contributed by atoms with Crippen molar-refractivity contribution in [1.29, 1.82) is 0 Å². The van der Waals surface area contributed by atoms with Crippen molar-refractivity contribution in [2.75, 3.05) is 6.54 Å². The Balaban J connectivity index is 1.95. The third-order valence-electron chi connectivity index (χ3n) is 4.09. The first kappa shape index (κ1) is 14.3. The summed E-state index contributed by atoms with van der Waals surface area (Å²) in [5, 5.41) is 3.49. The molecule has 1 aromatic carbocycles. The van der Waals surface area contributed by atoms with Crippen LogP contribution in [0.15, 0.2) is 18.2 Å². The molecule has 0 aliphatic carbocycles. The Bertz CT molecular complexity index is 421. The van der Waals surface area contributed by atoms with E-state index in [2.05, 4.69) is 26.1 Å². The lowest BCUT2D eigenvalue weighted by Crippen LogP contribution is -2.35. The summed E-state index contributed by atoms with van der Waals surface area (Å²) in [5.74, 6) is 1.29. The summed E-state index contributed by atoms with van der Waals surface area (Å²) in [5.41, 5.74) is 1.01. The van der Waals surface area contributed by atoms with Gasteiger partial charge in [-0.3, -0.25) is 0 Å². The summed E-state index contributed by atoms with van der Waals surface area (Å²) in [6.45, 7) is 7.59. The predicted molar refractivity (Wildman–Crippen MR) is 76.1 cm³/mol. The summed E-state index contributed by atoms with van der Waals surface area (Å²) in [4.78, 5) is 0. The van der Waals surface area contributed by atoms with Crippen LogP contribution in [0.1, 0.15) is 39.2 Å². The molecule has 0 saturated carbocycles. The molecule has 19 heavy (non-hydrogen) atoms. The zero-order valence-electron chi connectivity index (χ0n) is 12.1. The molecule has 0 saturated heterocycles. The van der Waals surface area contributed by atoms with Gasteiger partial charge in [-0.05, 0) is 44.0 Å². The van der Waals surface area contributed by atoms with Gasteiger partial charge in [0.15, 0.2) is 0 Å². The van der Waals surface area contributed by atoms with E-state index in [4.69, 9.17) is 4.74 Å². The fourth-order valence-corrected chi connectivity index (χ4v) is 2.97. The fourth-order valence-electron chi connectivity index (χ4n) is 2.97. The van der Waals surface area contributed by atoms with Crippen LogP contribution in [-0.2, 0) is 6.42 Å². The number of hydrogen-bond acceptors (Lipinski definition) is 2. The van der Waals surface area contributed by atoms with E-state index in [0.717, 1.165) is 37.1 Å². The van der Waals surface area contributed by atoms with Crippen molar-refractivity contribution in [1.82, 2.24) is 5.32 Å². The molecule has 106 valence electrons. The maximum Gasteiger partial charge on any atom is 0.123 e. The van der Waals surface area contributed by atoms with Crippen LogP contribution in [0.2, 0.25) is 0 Å². The molecule has 3 heteroatoms. The predicted octanol–water partition coefficient (Wildman–Crippen LogP) is 3.54. The van der Waals surface area contributed by atoms with E-state index in [9.17, 15) is 4.39 Å². The molecule has 0 amide bonds. The lowest BCUT2D eigenvalue weighted by molar-refractivity contribution is 0.176. The minimum Gasteiger partial charge on any atom is -0.490 e. The molecule has 1 N–H and O–H groups in total. The van der Waals surface area contributed by atoms with Crippen molar-refractivity contribution in [2.24, 2.45) is 5.92 Å². The second-order valence-electron chi connectivity index (χ2n) is 5.45. The van der Waals surface area contributed by atoms with Crippen LogP contribution in [0.4, 0.5) is 4.39 Å². The molecular formula is C16H24FNO. The Hall–Kier alpha value is -1.09. The van der Waals surface area contributed by atoms with Crippen molar-refractivity contribution < 1.29 is 9.13 Å². The Morgan fingerprint density at radius 3 is 2.89 bits per heavy atom. The van der Waals surface area contributed by atoms with Gasteiger partial charge < -0.3 is 10.1 Å². The minimum absolute atomic E-state index is 0.170. The van der Waals surface area contributed by atoms with Gasteiger partial charge in [-0.2, -0.15) is 0 Å². The second kappa shape index (κ2) is 6.38. The molecule has 0 bridgehead atoms. The summed E-state index contributed by atoms with van der Waals surface area (Å²) >= 11 is 0. The highest BCUT2D eigenvalue weighted by molar-refractivity contribution is 5.37. The van der Waals surface area contributed by atoms with Crippen LogP contribution in [0, 0.1) is 11.7 Å². The van der Waals surface area contributed by atoms with E-state index >= 15 is 0 Å². The number of hydrogen-bond donors (Lipinski definition) is 1. The Morgan fingerprint density at radius 1 is 1.42 bits per heavy atom. The fraction of sp³-hybridized carbons (Fsp3) is 0.625. The number of rotatable bonds is 6. The van der Waals surface area contributed by atoms with E-state index < -0.39 is 0 Å². The van der Waals surface area contributed by atoms with Gasteiger partial charge in [0, 0.05) is 18.0 Å². The van der Waals surface area contributed by atoms with Crippen molar-refractivity contribution in [3.63, 3.8) is 0 Å². The van der Waals surface area contributed by atoms with Crippen LogP contribution in [0.5, 0.6) is 5.75 Å². The monoisotopic (exact) mass is 265 g/mol. The molecule has 0 radical (unpaired) electrons. The van der Waals surface area contributed by atoms with Crippen LogP contribution < -0.4 is 10.1 Å². The number of halogens is 1. The molecule has 3 atom stereocenters. The molecule has 1 aliphatic rings. The molecule has 0 fully saturated rings. The second-order valence-corrected chi connectivity index (χ2v) is 5.45. The summed E-state index contributed by atoms with van der Waals surface area (Å²) in [7, 11) is 0. The quantitative estimate of drug-likeness (QED) is 0.849. The van der Waals surface area contributed by atoms with Gasteiger partial charge in [0.2, 0.25) is 0 Å². The average molecular weight is 265 g/mol. The molecule has 2 nitrogen and oxygen atoms in total. The van der Waals surface area contributed by atoms with Crippen molar-refractivity contribution >= 4 is 0 Å². The third kappa shape index (κ3) is 3.47. The van der Waals surface area contributed by atoms with E-state index in [1.165, 1.54) is 6.07 Å². The number of nitrogens with one attached hydrogen (secondary N) is 1.